The summed E-state index contributed by atoms with van der Waals surface area (Å²) in [6, 6.07) is 2.24. The molecular formula is C7HBrF3N3O3. The molecule has 1 rings (SSSR count). The van der Waals surface area contributed by atoms with Gasteiger partial charge in [-0.1, -0.05) is 0 Å². The van der Waals surface area contributed by atoms with Gasteiger partial charge in [0.1, 0.15) is 11.6 Å². The van der Waals surface area contributed by atoms with Crippen molar-refractivity contribution in [2.24, 2.45) is 0 Å². The highest BCUT2D eigenvalue weighted by Gasteiger charge is 2.37. The van der Waals surface area contributed by atoms with Gasteiger partial charge in [-0.2, -0.15) is 5.26 Å². The van der Waals surface area contributed by atoms with E-state index in [0.717, 1.165) is 6.07 Å². The van der Waals surface area contributed by atoms with Crippen LogP contribution in [0.25, 0.3) is 0 Å². The Hall–Kier alpha value is -1.89. The summed E-state index contributed by atoms with van der Waals surface area (Å²) in [4.78, 5) is 12.5. The lowest BCUT2D eigenvalue weighted by Crippen LogP contribution is -2.19. The Labute approximate surface area is 99.9 Å². The van der Waals surface area contributed by atoms with Gasteiger partial charge >= 0.3 is 12.2 Å². The predicted octanol–water partition coefficient (Wildman–Crippen LogP) is 2.52. The Morgan fingerprint density at radius 1 is 1.59 bits per heavy atom. The van der Waals surface area contributed by atoms with Gasteiger partial charge in [-0.05, 0) is 9.91 Å². The molecule has 17 heavy (non-hydrogen) atoms. The molecule has 6 nitrogen and oxygen atoms in total. The average molecular weight is 312 g/mol. The van der Waals surface area contributed by atoms with Crippen LogP contribution in [0.4, 0.5) is 19.0 Å². The number of ether oxygens (including phenoxy) is 1. The first-order valence-corrected chi connectivity index (χ1v) is 4.54. The van der Waals surface area contributed by atoms with Crippen molar-refractivity contribution in [2.75, 3.05) is 0 Å². The molecule has 0 fully saturated rings. The first-order chi connectivity index (χ1) is 7.74. The lowest BCUT2D eigenvalue weighted by molar-refractivity contribution is -0.393. The van der Waals surface area contributed by atoms with E-state index >= 15 is 0 Å². The number of nitriles is 1. The van der Waals surface area contributed by atoms with Crippen LogP contribution in [0.3, 0.4) is 0 Å². The van der Waals surface area contributed by atoms with Crippen LogP contribution in [0.5, 0.6) is 5.75 Å². The third-order valence-corrected chi connectivity index (χ3v) is 1.84. The number of nitro groups is 1. The van der Waals surface area contributed by atoms with E-state index in [-0.39, 0.29) is 4.60 Å². The van der Waals surface area contributed by atoms with Gasteiger partial charge in [0, 0.05) is 22.0 Å². The Balaban J connectivity index is 3.44. The molecule has 0 radical (unpaired) electrons. The van der Waals surface area contributed by atoms with Crippen LogP contribution >= 0.6 is 15.9 Å². The maximum Gasteiger partial charge on any atom is 0.573 e. The van der Waals surface area contributed by atoms with Gasteiger partial charge in [-0.15, -0.1) is 13.2 Å². The van der Waals surface area contributed by atoms with Crippen LogP contribution in [0.1, 0.15) is 5.56 Å². The van der Waals surface area contributed by atoms with Crippen LogP contribution < -0.4 is 4.74 Å². The molecule has 10 heteroatoms. The highest BCUT2D eigenvalue weighted by Crippen LogP contribution is 2.35. The Bertz CT molecular complexity index is 512. The molecule has 0 N–H and O–H groups in total. The van der Waals surface area contributed by atoms with Crippen molar-refractivity contribution in [1.82, 2.24) is 4.98 Å². The Morgan fingerprint density at radius 2 is 2.18 bits per heavy atom. The van der Waals surface area contributed by atoms with E-state index in [0.29, 0.717) is 0 Å². The minimum Gasteiger partial charge on any atom is -0.395 e. The number of rotatable bonds is 2. The predicted molar refractivity (Wildman–Crippen MR) is 50.0 cm³/mol. The zero-order valence-electron chi connectivity index (χ0n) is 7.66. The second-order valence-corrected chi connectivity index (χ2v) is 3.37. The summed E-state index contributed by atoms with van der Waals surface area (Å²) in [5.74, 6) is -2.42. The zero-order valence-corrected chi connectivity index (χ0v) is 9.24. The van der Waals surface area contributed by atoms with Crippen molar-refractivity contribution >= 4 is 21.7 Å². The van der Waals surface area contributed by atoms with Crippen molar-refractivity contribution < 1.29 is 22.8 Å². The standard InChI is InChI=1S/C7HBrF3N3O3/c8-4-1-3(2-12)5(17-7(9,10)11)6(13-4)14(15)16/h1H. The monoisotopic (exact) mass is 311 g/mol. The molecule has 90 valence electrons. The average Bonchev–Trinajstić information content (AvgIpc) is 2.17. The van der Waals surface area contributed by atoms with Gasteiger partial charge in [-0.25, -0.2) is 0 Å². The van der Waals surface area contributed by atoms with Gasteiger partial charge in [0.2, 0.25) is 10.4 Å². The van der Waals surface area contributed by atoms with Crippen molar-refractivity contribution in [3.05, 3.63) is 26.3 Å². The number of aromatic nitrogens is 1. The number of alkyl halides is 3. The van der Waals surface area contributed by atoms with E-state index in [1.165, 1.54) is 6.07 Å². The van der Waals surface area contributed by atoms with Crippen LogP contribution in [-0.2, 0) is 0 Å². The van der Waals surface area contributed by atoms with Crippen molar-refractivity contribution in [3.63, 3.8) is 0 Å². The highest BCUT2D eigenvalue weighted by molar-refractivity contribution is 9.10. The normalized spacial score (nSPS) is 10.8. The lowest BCUT2D eigenvalue weighted by atomic mass is 10.2. The fourth-order valence-corrected chi connectivity index (χ4v) is 1.31. The number of nitrogens with zero attached hydrogens (tertiary/aromatic N) is 3. The summed E-state index contributed by atoms with van der Waals surface area (Å²) in [6.07, 6.45) is -5.15. The van der Waals surface area contributed by atoms with E-state index in [1.807, 2.05) is 0 Å². The molecule has 0 aliphatic carbocycles. The lowest BCUT2D eigenvalue weighted by Gasteiger charge is -2.09. The maximum atomic E-state index is 12.0. The van der Waals surface area contributed by atoms with E-state index in [2.05, 4.69) is 25.7 Å². The molecule has 0 amide bonds. The molecular weight excluding hydrogens is 311 g/mol. The third-order valence-electron chi connectivity index (χ3n) is 1.44. The smallest absolute Gasteiger partial charge is 0.395 e. The maximum absolute atomic E-state index is 12.0. The fraction of sp³-hybridized carbons (Fsp3) is 0.143. The molecule has 0 spiro atoms. The second kappa shape index (κ2) is 4.54. The molecule has 0 unspecified atom stereocenters. The van der Waals surface area contributed by atoms with E-state index < -0.39 is 28.4 Å². The summed E-state index contributed by atoms with van der Waals surface area (Å²) in [5, 5.41) is 19.1. The van der Waals surface area contributed by atoms with Crippen molar-refractivity contribution in [2.45, 2.75) is 6.36 Å². The zero-order chi connectivity index (χ0) is 13.2. The van der Waals surface area contributed by atoms with Crippen LogP contribution in [0.15, 0.2) is 10.7 Å². The number of hydrogen-bond acceptors (Lipinski definition) is 5. The molecule has 1 aromatic rings. The summed E-state index contributed by atoms with van der Waals surface area (Å²) in [5.41, 5.74) is -0.643. The molecule has 0 saturated carbocycles. The van der Waals surface area contributed by atoms with E-state index in [9.17, 15) is 23.3 Å². The second-order valence-electron chi connectivity index (χ2n) is 2.56. The van der Waals surface area contributed by atoms with E-state index in [1.54, 1.807) is 0 Å². The summed E-state index contributed by atoms with van der Waals surface area (Å²) in [7, 11) is 0. The fourth-order valence-electron chi connectivity index (χ4n) is 0.912. The van der Waals surface area contributed by atoms with Crippen molar-refractivity contribution in [3.8, 4) is 11.8 Å². The van der Waals surface area contributed by atoms with Crippen LogP contribution in [-0.4, -0.2) is 16.3 Å². The van der Waals surface area contributed by atoms with Gasteiger partial charge in [-0.3, -0.25) is 0 Å². The third kappa shape index (κ3) is 3.28. The molecule has 1 heterocycles. The molecule has 0 aliphatic heterocycles. The minimum absolute atomic E-state index is 0.143. The molecule has 0 aliphatic rings. The summed E-state index contributed by atoms with van der Waals surface area (Å²) < 4.78 is 39.3. The number of hydrogen-bond donors (Lipinski definition) is 0. The molecule has 0 bridgehead atoms. The van der Waals surface area contributed by atoms with Crippen LogP contribution in [0, 0.1) is 21.4 Å². The molecule has 0 saturated heterocycles. The summed E-state index contributed by atoms with van der Waals surface area (Å²) in [6.45, 7) is 0. The SMILES string of the molecule is N#Cc1cc(Br)nc([N+](=O)[O-])c1OC(F)(F)F. The minimum atomic E-state index is -5.15. The summed E-state index contributed by atoms with van der Waals surface area (Å²) >= 11 is 2.73. The first-order valence-electron chi connectivity index (χ1n) is 3.75. The first kappa shape index (κ1) is 13.2. The number of halogens is 4. The van der Waals surface area contributed by atoms with Crippen LogP contribution in [0.2, 0.25) is 0 Å². The van der Waals surface area contributed by atoms with Gasteiger partial charge in [0.05, 0.1) is 0 Å². The molecule has 0 atom stereocenters. The Morgan fingerprint density at radius 3 is 2.59 bits per heavy atom. The largest absolute Gasteiger partial charge is 0.573 e. The quantitative estimate of drug-likeness (QED) is 0.475. The van der Waals surface area contributed by atoms with Gasteiger partial charge < -0.3 is 14.9 Å². The number of pyridine rings is 1. The highest BCUT2D eigenvalue weighted by atomic mass is 79.9. The van der Waals surface area contributed by atoms with E-state index in [4.69, 9.17) is 5.26 Å². The molecule has 1 aromatic heterocycles. The topological polar surface area (TPSA) is 89.0 Å². The Kier molecular flexibility index (Phi) is 3.52. The van der Waals surface area contributed by atoms with Crippen molar-refractivity contribution in [1.29, 1.82) is 5.26 Å². The van der Waals surface area contributed by atoms with Gasteiger partial charge in [0.15, 0.2) is 0 Å². The molecule has 0 aromatic carbocycles. The van der Waals surface area contributed by atoms with Gasteiger partial charge in [0.25, 0.3) is 0 Å².